The van der Waals surface area contributed by atoms with Crippen LogP contribution in [0.25, 0.3) is 0 Å². The summed E-state index contributed by atoms with van der Waals surface area (Å²) in [4.78, 5) is 27.8. The van der Waals surface area contributed by atoms with Gasteiger partial charge in [0.2, 0.25) is 0 Å². The van der Waals surface area contributed by atoms with Gasteiger partial charge in [0.05, 0.1) is 17.2 Å². The van der Waals surface area contributed by atoms with Gasteiger partial charge >= 0.3 is 0 Å². The highest BCUT2D eigenvalue weighted by Gasteiger charge is 2.35. The summed E-state index contributed by atoms with van der Waals surface area (Å²) in [6.45, 7) is 2.56. The van der Waals surface area contributed by atoms with Gasteiger partial charge in [0, 0.05) is 19.6 Å². The molecule has 1 saturated heterocycles. The molecule has 1 aromatic carbocycles. The summed E-state index contributed by atoms with van der Waals surface area (Å²) >= 11 is 0. The number of β-amino-alcohol motifs (C(OH)–C–C–N with tert-alkyl or cyclic N) is 1. The van der Waals surface area contributed by atoms with E-state index >= 15 is 0 Å². The largest absolute Gasteiger partial charge is 0.392 e. The van der Waals surface area contributed by atoms with E-state index in [4.69, 9.17) is 0 Å². The van der Waals surface area contributed by atoms with Crippen molar-refractivity contribution in [2.45, 2.75) is 18.9 Å². The van der Waals surface area contributed by atoms with Crippen molar-refractivity contribution in [3.63, 3.8) is 0 Å². The lowest BCUT2D eigenvalue weighted by Gasteiger charge is -2.30. The fourth-order valence-electron chi connectivity index (χ4n) is 2.92. The number of nitrogens with zero attached hydrogens (tertiary/aromatic N) is 2. The normalized spacial score (nSPS) is 23.2. The minimum Gasteiger partial charge on any atom is -0.392 e. The summed E-state index contributed by atoms with van der Waals surface area (Å²) < 4.78 is 0. The summed E-state index contributed by atoms with van der Waals surface area (Å²) in [6, 6.07) is 6.93. The topological polar surface area (TPSA) is 60.9 Å². The first-order chi connectivity index (χ1) is 9.66. The molecule has 2 amide bonds. The summed E-state index contributed by atoms with van der Waals surface area (Å²) in [5.41, 5.74) is 0.993. The quantitative estimate of drug-likeness (QED) is 0.826. The minimum atomic E-state index is -0.286. The van der Waals surface area contributed by atoms with Gasteiger partial charge in [-0.25, -0.2) is 0 Å². The number of carbonyl (C=O) groups excluding carboxylic acids is 2. The minimum absolute atomic E-state index is 0.205. The number of aliphatic hydroxyl groups is 1. The zero-order valence-electron chi connectivity index (χ0n) is 11.3. The number of fused-ring (bicyclic) bond motifs is 1. The van der Waals surface area contributed by atoms with Crippen molar-refractivity contribution in [1.29, 1.82) is 0 Å². The van der Waals surface area contributed by atoms with Gasteiger partial charge in [0.25, 0.3) is 11.8 Å². The van der Waals surface area contributed by atoms with Gasteiger partial charge in [-0.2, -0.15) is 0 Å². The van der Waals surface area contributed by atoms with Gasteiger partial charge in [-0.1, -0.05) is 12.1 Å². The zero-order chi connectivity index (χ0) is 14.1. The Balaban J connectivity index is 1.65. The molecule has 0 radical (unpaired) electrons. The van der Waals surface area contributed by atoms with Crippen LogP contribution < -0.4 is 0 Å². The SMILES string of the molecule is O=C1c2ccccc2C(=O)N1CCN1CCCC(O)C1. The second kappa shape index (κ2) is 5.34. The number of likely N-dealkylation sites (tertiary alicyclic amines) is 1. The molecule has 106 valence electrons. The van der Waals surface area contributed by atoms with Gasteiger partial charge < -0.3 is 5.11 Å². The van der Waals surface area contributed by atoms with E-state index in [0.29, 0.717) is 30.8 Å². The lowest BCUT2D eigenvalue weighted by molar-refractivity contribution is 0.0539. The molecule has 0 aliphatic carbocycles. The number of hydrogen-bond acceptors (Lipinski definition) is 4. The van der Waals surface area contributed by atoms with Crippen LogP contribution in [-0.2, 0) is 0 Å². The van der Waals surface area contributed by atoms with Gasteiger partial charge in [-0.3, -0.25) is 19.4 Å². The van der Waals surface area contributed by atoms with Crippen molar-refractivity contribution in [3.8, 4) is 0 Å². The maximum Gasteiger partial charge on any atom is 0.261 e. The second-order valence-electron chi connectivity index (χ2n) is 5.40. The van der Waals surface area contributed by atoms with Crippen LogP contribution in [0.15, 0.2) is 24.3 Å². The molecule has 5 nitrogen and oxygen atoms in total. The Morgan fingerprint density at radius 3 is 2.35 bits per heavy atom. The van der Waals surface area contributed by atoms with E-state index in [2.05, 4.69) is 4.90 Å². The molecule has 2 aliphatic rings. The lowest BCUT2D eigenvalue weighted by Crippen LogP contribution is -2.43. The van der Waals surface area contributed by atoms with Crippen molar-refractivity contribution in [2.24, 2.45) is 0 Å². The fraction of sp³-hybridized carbons (Fsp3) is 0.467. The van der Waals surface area contributed by atoms with Gasteiger partial charge in [0.15, 0.2) is 0 Å². The van der Waals surface area contributed by atoms with Crippen LogP contribution >= 0.6 is 0 Å². The molecule has 2 heterocycles. The maximum absolute atomic E-state index is 12.2. The van der Waals surface area contributed by atoms with Crippen LogP contribution in [-0.4, -0.2) is 59.0 Å². The number of imide groups is 1. The number of benzene rings is 1. The molecule has 0 spiro atoms. The number of amides is 2. The van der Waals surface area contributed by atoms with Gasteiger partial charge in [-0.05, 0) is 31.5 Å². The van der Waals surface area contributed by atoms with Crippen LogP contribution in [0.2, 0.25) is 0 Å². The second-order valence-corrected chi connectivity index (χ2v) is 5.40. The molecule has 1 N–H and O–H groups in total. The maximum atomic E-state index is 12.2. The predicted octanol–water partition coefficient (Wildman–Crippen LogP) is 0.739. The highest BCUT2D eigenvalue weighted by atomic mass is 16.3. The third kappa shape index (κ3) is 2.34. The Kier molecular flexibility index (Phi) is 3.54. The van der Waals surface area contributed by atoms with E-state index in [1.165, 1.54) is 4.90 Å². The first-order valence-electron chi connectivity index (χ1n) is 7.02. The first-order valence-corrected chi connectivity index (χ1v) is 7.02. The van der Waals surface area contributed by atoms with Crippen LogP contribution in [0.4, 0.5) is 0 Å². The number of piperidine rings is 1. The highest BCUT2D eigenvalue weighted by molar-refractivity contribution is 6.21. The monoisotopic (exact) mass is 274 g/mol. The molecule has 20 heavy (non-hydrogen) atoms. The molecule has 0 aromatic heterocycles. The van der Waals surface area contributed by atoms with Crippen molar-refractivity contribution in [3.05, 3.63) is 35.4 Å². The predicted molar refractivity (Wildman–Crippen MR) is 73.5 cm³/mol. The van der Waals surface area contributed by atoms with Crippen molar-refractivity contribution < 1.29 is 14.7 Å². The van der Waals surface area contributed by atoms with Crippen LogP contribution in [0.3, 0.4) is 0 Å². The molecule has 0 saturated carbocycles. The number of carbonyl (C=O) groups is 2. The molecule has 0 bridgehead atoms. The summed E-state index contributed by atoms with van der Waals surface area (Å²) in [5.74, 6) is -0.411. The van der Waals surface area contributed by atoms with Crippen molar-refractivity contribution in [1.82, 2.24) is 9.80 Å². The zero-order valence-corrected chi connectivity index (χ0v) is 11.3. The molecular weight excluding hydrogens is 256 g/mol. The average Bonchev–Trinajstić information content (AvgIpc) is 2.70. The van der Waals surface area contributed by atoms with Crippen LogP contribution in [0.1, 0.15) is 33.6 Å². The van der Waals surface area contributed by atoms with E-state index in [-0.39, 0.29) is 17.9 Å². The number of rotatable bonds is 3. The molecule has 1 aromatic rings. The van der Waals surface area contributed by atoms with Gasteiger partial charge in [-0.15, -0.1) is 0 Å². The summed E-state index contributed by atoms with van der Waals surface area (Å²) in [6.07, 6.45) is 1.51. The lowest BCUT2D eigenvalue weighted by atomic mass is 10.1. The third-order valence-corrected chi connectivity index (χ3v) is 4.00. The number of hydrogen-bond donors (Lipinski definition) is 1. The summed E-state index contributed by atoms with van der Waals surface area (Å²) in [5, 5.41) is 9.63. The molecule has 1 fully saturated rings. The average molecular weight is 274 g/mol. The smallest absolute Gasteiger partial charge is 0.261 e. The molecule has 1 atom stereocenters. The Morgan fingerprint density at radius 1 is 1.10 bits per heavy atom. The van der Waals surface area contributed by atoms with E-state index in [9.17, 15) is 14.7 Å². The number of aliphatic hydroxyl groups excluding tert-OH is 1. The van der Waals surface area contributed by atoms with Crippen molar-refractivity contribution >= 4 is 11.8 Å². The van der Waals surface area contributed by atoms with Gasteiger partial charge in [0.1, 0.15) is 0 Å². The van der Waals surface area contributed by atoms with E-state index in [1.54, 1.807) is 24.3 Å². The third-order valence-electron chi connectivity index (χ3n) is 4.00. The molecule has 1 unspecified atom stereocenters. The Labute approximate surface area is 117 Å². The molecule has 3 rings (SSSR count). The Hall–Kier alpha value is -1.72. The van der Waals surface area contributed by atoms with Crippen LogP contribution in [0, 0.1) is 0 Å². The van der Waals surface area contributed by atoms with Crippen LogP contribution in [0.5, 0.6) is 0 Å². The fourth-order valence-corrected chi connectivity index (χ4v) is 2.92. The van der Waals surface area contributed by atoms with Crippen molar-refractivity contribution in [2.75, 3.05) is 26.2 Å². The Morgan fingerprint density at radius 2 is 1.75 bits per heavy atom. The molecule has 5 heteroatoms. The van der Waals surface area contributed by atoms with E-state index in [1.807, 2.05) is 0 Å². The standard InChI is InChI=1S/C15H18N2O3/c18-11-4-3-7-16(10-11)8-9-17-14(19)12-5-1-2-6-13(12)15(17)20/h1-2,5-6,11,18H,3-4,7-10H2. The Bertz CT molecular complexity index is 509. The summed E-state index contributed by atoms with van der Waals surface area (Å²) in [7, 11) is 0. The van der Waals surface area contributed by atoms with E-state index in [0.717, 1.165) is 19.4 Å². The first kappa shape index (κ1) is 13.3. The molecular formula is C15H18N2O3. The molecule has 2 aliphatic heterocycles. The van der Waals surface area contributed by atoms with E-state index < -0.39 is 0 Å². The highest BCUT2D eigenvalue weighted by Crippen LogP contribution is 2.22.